The molecule has 0 saturated heterocycles. The third-order valence-corrected chi connectivity index (χ3v) is 3.55. The zero-order valence-corrected chi connectivity index (χ0v) is 13.6. The highest BCUT2D eigenvalue weighted by molar-refractivity contribution is 5.78. The molecule has 0 radical (unpaired) electrons. The number of hydrogen-bond donors (Lipinski definition) is 2. The Balaban J connectivity index is 1.84. The van der Waals surface area contributed by atoms with Crippen LogP contribution in [0.5, 0.6) is 5.75 Å². The van der Waals surface area contributed by atoms with Crippen molar-refractivity contribution in [3.63, 3.8) is 0 Å². The molecular formula is C19H21NO4. The third kappa shape index (κ3) is 5.76. The van der Waals surface area contributed by atoms with Gasteiger partial charge in [-0.2, -0.15) is 0 Å². The Hall–Kier alpha value is -2.82. The quantitative estimate of drug-likeness (QED) is 0.781. The van der Waals surface area contributed by atoms with Gasteiger partial charge in [0.1, 0.15) is 5.75 Å². The summed E-state index contributed by atoms with van der Waals surface area (Å²) in [6.07, 6.45) is 1.31. The third-order valence-electron chi connectivity index (χ3n) is 3.55. The van der Waals surface area contributed by atoms with E-state index in [9.17, 15) is 9.59 Å². The lowest BCUT2D eigenvalue weighted by molar-refractivity contribution is -0.139. The lowest BCUT2D eigenvalue weighted by Crippen LogP contribution is -2.24. The van der Waals surface area contributed by atoms with Crippen LogP contribution in [0.3, 0.4) is 0 Å². The molecule has 0 bridgehead atoms. The highest BCUT2D eigenvalue weighted by atomic mass is 16.5. The van der Waals surface area contributed by atoms with Crippen LogP contribution >= 0.6 is 0 Å². The molecule has 0 spiro atoms. The first kappa shape index (κ1) is 17.5. The average molecular weight is 327 g/mol. The number of carbonyl (C=O) groups excluding carboxylic acids is 1. The molecule has 0 aliphatic carbocycles. The van der Waals surface area contributed by atoms with Crippen molar-refractivity contribution in [2.75, 3.05) is 6.61 Å². The van der Waals surface area contributed by atoms with Gasteiger partial charge in [-0.05, 0) is 35.2 Å². The number of nitrogens with one attached hydrogen (secondary N) is 1. The minimum atomic E-state index is -1.03. The Morgan fingerprint density at radius 3 is 2.42 bits per heavy atom. The fraction of sp³-hybridized carbons (Fsp3) is 0.263. The normalized spacial score (nSPS) is 10.2. The Morgan fingerprint density at radius 1 is 1.04 bits per heavy atom. The highest BCUT2D eigenvalue weighted by Crippen LogP contribution is 2.13. The molecule has 5 nitrogen and oxygen atoms in total. The molecule has 2 aromatic carbocycles. The Labute approximate surface area is 141 Å². The van der Waals surface area contributed by atoms with Crippen molar-refractivity contribution < 1.29 is 19.4 Å². The van der Waals surface area contributed by atoms with Gasteiger partial charge in [0.2, 0.25) is 5.91 Å². The lowest BCUT2D eigenvalue weighted by atomic mass is 10.1. The average Bonchev–Trinajstić information content (AvgIpc) is 2.59. The zero-order chi connectivity index (χ0) is 17.4. The van der Waals surface area contributed by atoms with E-state index in [0.29, 0.717) is 18.7 Å². The Kier molecular flexibility index (Phi) is 6.37. The fourth-order valence-electron chi connectivity index (χ4n) is 2.23. The van der Waals surface area contributed by atoms with Crippen molar-refractivity contribution in [2.24, 2.45) is 0 Å². The maximum absolute atomic E-state index is 12.0. The van der Waals surface area contributed by atoms with E-state index in [0.717, 1.165) is 17.5 Å². The second-order valence-corrected chi connectivity index (χ2v) is 5.45. The molecular weight excluding hydrogens is 306 g/mol. The zero-order valence-electron chi connectivity index (χ0n) is 13.6. The highest BCUT2D eigenvalue weighted by Gasteiger charge is 2.05. The number of carboxylic acid groups (broad SMARTS) is 1. The van der Waals surface area contributed by atoms with Crippen molar-refractivity contribution in [2.45, 2.75) is 26.3 Å². The van der Waals surface area contributed by atoms with Gasteiger partial charge in [0.15, 0.2) is 6.61 Å². The predicted molar refractivity (Wildman–Crippen MR) is 90.9 cm³/mol. The predicted octanol–water partition coefficient (Wildman–Crippen LogP) is 2.57. The van der Waals surface area contributed by atoms with E-state index in [4.69, 9.17) is 9.84 Å². The van der Waals surface area contributed by atoms with Crippen LogP contribution in [0.1, 0.15) is 23.6 Å². The Bertz CT molecular complexity index is 695. The van der Waals surface area contributed by atoms with Gasteiger partial charge in [-0.15, -0.1) is 0 Å². The maximum atomic E-state index is 12.0. The molecule has 2 N–H and O–H groups in total. The molecule has 0 aliphatic rings. The van der Waals surface area contributed by atoms with E-state index < -0.39 is 5.97 Å². The summed E-state index contributed by atoms with van der Waals surface area (Å²) in [5.74, 6) is -0.613. The lowest BCUT2D eigenvalue weighted by Gasteiger charge is -2.08. The summed E-state index contributed by atoms with van der Waals surface area (Å²) in [4.78, 5) is 22.5. The topological polar surface area (TPSA) is 75.6 Å². The minimum Gasteiger partial charge on any atom is -0.482 e. The number of amides is 1. The van der Waals surface area contributed by atoms with E-state index in [1.165, 1.54) is 5.56 Å². The molecule has 0 saturated carbocycles. The number of carbonyl (C=O) groups is 2. The Morgan fingerprint density at radius 2 is 1.75 bits per heavy atom. The fourth-order valence-corrected chi connectivity index (χ4v) is 2.23. The molecule has 126 valence electrons. The molecule has 5 heteroatoms. The van der Waals surface area contributed by atoms with Crippen LogP contribution in [-0.2, 0) is 29.0 Å². The first-order valence-electron chi connectivity index (χ1n) is 7.85. The summed E-state index contributed by atoms with van der Waals surface area (Å²) < 4.78 is 5.12. The van der Waals surface area contributed by atoms with Gasteiger partial charge in [0.25, 0.3) is 0 Å². The van der Waals surface area contributed by atoms with Gasteiger partial charge in [-0.1, -0.05) is 43.3 Å². The number of carboxylic acids is 1. The molecule has 2 aromatic rings. The van der Waals surface area contributed by atoms with E-state index in [1.54, 1.807) is 18.2 Å². The molecule has 0 fully saturated rings. The van der Waals surface area contributed by atoms with Crippen LogP contribution in [0.15, 0.2) is 48.5 Å². The number of aryl methyl sites for hydroxylation is 1. The van der Waals surface area contributed by atoms with Crippen molar-refractivity contribution in [1.29, 1.82) is 0 Å². The van der Waals surface area contributed by atoms with Crippen LogP contribution < -0.4 is 10.1 Å². The number of benzene rings is 2. The largest absolute Gasteiger partial charge is 0.482 e. The SMILES string of the molecule is CCc1ccc(CC(=O)NCc2cccc(OCC(=O)O)c2)cc1. The molecule has 0 atom stereocenters. The minimum absolute atomic E-state index is 0.0592. The van der Waals surface area contributed by atoms with Crippen LogP contribution in [0.25, 0.3) is 0 Å². The summed E-state index contributed by atoms with van der Waals surface area (Å²) in [6.45, 7) is 2.08. The maximum Gasteiger partial charge on any atom is 0.341 e. The van der Waals surface area contributed by atoms with Crippen LogP contribution in [0.4, 0.5) is 0 Å². The number of ether oxygens (including phenoxy) is 1. The number of rotatable bonds is 8. The van der Waals surface area contributed by atoms with Gasteiger partial charge in [-0.25, -0.2) is 4.79 Å². The van der Waals surface area contributed by atoms with Crippen molar-refractivity contribution in [3.8, 4) is 5.75 Å². The van der Waals surface area contributed by atoms with E-state index >= 15 is 0 Å². The first-order valence-corrected chi connectivity index (χ1v) is 7.85. The molecule has 2 rings (SSSR count). The number of hydrogen-bond acceptors (Lipinski definition) is 3. The van der Waals surface area contributed by atoms with Crippen LogP contribution in [0, 0.1) is 0 Å². The monoisotopic (exact) mass is 327 g/mol. The smallest absolute Gasteiger partial charge is 0.341 e. The van der Waals surface area contributed by atoms with E-state index in [-0.39, 0.29) is 12.5 Å². The standard InChI is InChI=1S/C19H21NO4/c1-2-14-6-8-15(9-7-14)11-18(21)20-12-16-4-3-5-17(10-16)24-13-19(22)23/h3-10H,2,11-13H2,1H3,(H,20,21)(H,22,23). The molecule has 24 heavy (non-hydrogen) atoms. The summed E-state index contributed by atoms with van der Waals surface area (Å²) in [5, 5.41) is 11.5. The van der Waals surface area contributed by atoms with Gasteiger partial charge < -0.3 is 15.2 Å². The van der Waals surface area contributed by atoms with Crippen LogP contribution in [-0.4, -0.2) is 23.6 Å². The second kappa shape index (κ2) is 8.72. The molecule has 0 aromatic heterocycles. The summed E-state index contributed by atoms with van der Waals surface area (Å²) >= 11 is 0. The van der Waals surface area contributed by atoms with Gasteiger partial charge in [0.05, 0.1) is 6.42 Å². The van der Waals surface area contributed by atoms with Crippen molar-refractivity contribution in [3.05, 3.63) is 65.2 Å². The van der Waals surface area contributed by atoms with Gasteiger partial charge >= 0.3 is 5.97 Å². The van der Waals surface area contributed by atoms with Crippen molar-refractivity contribution >= 4 is 11.9 Å². The van der Waals surface area contributed by atoms with Gasteiger partial charge in [-0.3, -0.25) is 4.79 Å². The van der Waals surface area contributed by atoms with E-state index in [1.807, 2.05) is 30.3 Å². The van der Waals surface area contributed by atoms with Crippen LogP contribution in [0.2, 0.25) is 0 Å². The van der Waals surface area contributed by atoms with E-state index in [2.05, 4.69) is 12.2 Å². The second-order valence-electron chi connectivity index (χ2n) is 5.45. The summed E-state index contributed by atoms with van der Waals surface area (Å²) in [7, 11) is 0. The molecule has 0 aliphatic heterocycles. The number of aliphatic carboxylic acids is 1. The molecule has 0 heterocycles. The summed E-state index contributed by atoms with van der Waals surface area (Å²) in [5.41, 5.74) is 3.08. The summed E-state index contributed by atoms with van der Waals surface area (Å²) in [6, 6.07) is 15.0. The first-order chi connectivity index (χ1) is 11.6. The van der Waals surface area contributed by atoms with Crippen molar-refractivity contribution in [1.82, 2.24) is 5.32 Å². The molecule has 1 amide bonds. The molecule has 0 unspecified atom stereocenters. The van der Waals surface area contributed by atoms with Gasteiger partial charge in [0, 0.05) is 6.54 Å².